The van der Waals surface area contributed by atoms with Crippen molar-refractivity contribution in [3.05, 3.63) is 29.8 Å². The van der Waals surface area contributed by atoms with Gasteiger partial charge in [-0.1, -0.05) is 25.1 Å². The summed E-state index contributed by atoms with van der Waals surface area (Å²) in [6, 6.07) is 6.64. The van der Waals surface area contributed by atoms with Crippen molar-refractivity contribution in [2.24, 2.45) is 5.14 Å². The van der Waals surface area contributed by atoms with Gasteiger partial charge in [0.05, 0.1) is 5.75 Å². The summed E-state index contributed by atoms with van der Waals surface area (Å²) in [6.45, 7) is 1.71. The van der Waals surface area contributed by atoms with E-state index in [1.54, 1.807) is 25.1 Å². The Balaban J connectivity index is 2.90. The standard InChI is InChI=1S/C9H13NO3S/c1-7(6-14(10,12)13)8-4-2-3-5-9(8)11/h2-5,7,11H,6H2,1H3,(H2,10,12,13). The quantitative estimate of drug-likeness (QED) is 0.782. The second-order valence-corrected chi connectivity index (χ2v) is 4.95. The van der Waals surface area contributed by atoms with Gasteiger partial charge >= 0.3 is 0 Å². The molecule has 1 rings (SSSR count). The van der Waals surface area contributed by atoms with E-state index >= 15 is 0 Å². The van der Waals surface area contributed by atoms with E-state index in [2.05, 4.69) is 0 Å². The summed E-state index contributed by atoms with van der Waals surface area (Å²) < 4.78 is 21.6. The van der Waals surface area contributed by atoms with E-state index in [-0.39, 0.29) is 17.4 Å². The predicted octanol–water partition coefficient (Wildman–Crippen LogP) is 0.784. The molecule has 3 N–H and O–H groups in total. The zero-order valence-corrected chi connectivity index (χ0v) is 8.66. The number of hydrogen-bond donors (Lipinski definition) is 2. The summed E-state index contributed by atoms with van der Waals surface area (Å²) in [7, 11) is -3.50. The second-order valence-electron chi connectivity index (χ2n) is 3.29. The summed E-state index contributed by atoms with van der Waals surface area (Å²) in [5.74, 6) is -0.361. The molecule has 1 unspecified atom stereocenters. The maximum atomic E-state index is 10.8. The fourth-order valence-electron chi connectivity index (χ4n) is 1.34. The summed E-state index contributed by atoms with van der Waals surface area (Å²) in [4.78, 5) is 0. The van der Waals surface area contributed by atoms with E-state index in [0.717, 1.165) is 0 Å². The molecule has 78 valence electrons. The number of aromatic hydroxyl groups is 1. The smallest absolute Gasteiger partial charge is 0.209 e. The molecule has 0 aliphatic rings. The summed E-state index contributed by atoms with van der Waals surface area (Å²) in [6.07, 6.45) is 0. The molecular weight excluding hydrogens is 202 g/mol. The van der Waals surface area contributed by atoms with Crippen LogP contribution >= 0.6 is 0 Å². The molecule has 0 aromatic heterocycles. The van der Waals surface area contributed by atoms with Crippen LogP contribution in [0.2, 0.25) is 0 Å². The third-order valence-corrected chi connectivity index (χ3v) is 2.91. The minimum absolute atomic E-state index is 0.101. The Labute approximate surface area is 83.4 Å². The van der Waals surface area contributed by atoms with E-state index in [0.29, 0.717) is 5.56 Å². The molecule has 0 saturated heterocycles. The molecule has 0 aliphatic heterocycles. The van der Waals surface area contributed by atoms with Crippen molar-refractivity contribution in [2.75, 3.05) is 5.75 Å². The first-order chi connectivity index (χ1) is 6.40. The molecule has 1 aromatic carbocycles. The van der Waals surface area contributed by atoms with Gasteiger partial charge in [0, 0.05) is 0 Å². The van der Waals surface area contributed by atoms with Crippen LogP contribution in [0, 0.1) is 0 Å². The first kappa shape index (κ1) is 11.0. The zero-order chi connectivity index (χ0) is 10.8. The van der Waals surface area contributed by atoms with Crippen molar-refractivity contribution in [1.29, 1.82) is 0 Å². The van der Waals surface area contributed by atoms with Gasteiger partial charge in [-0.25, -0.2) is 13.6 Å². The van der Waals surface area contributed by atoms with Gasteiger partial charge in [-0.05, 0) is 17.5 Å². The van der Waals surface area contributed by atoms with Gasteiger partial charge in [0.2, 0.25) is 10.0 Å². The van der Waals surface area contributed by atoms with Gasteiger partial charge in [0.1, 0.15) is 5.75 Å². The molecule has 0 radical (unpaired) electrons. The van der Waals surface area contributed by atoms with Crippen LogP contribution in [0.1, 0.15) is 18.4 Å². The lowest BCUT2D eigenvalue weighted by Gasteiger charge is -2.11. The SMILES string of the molecule is CC(CS(N)(=O)=O)c1ccccc1O. The van der Waals surface area contributed by atoms with Crippen LogP contribution in [0.15, 0.2) is 24.3 Å². The summed E-state index contributed by atoms with van der Waals surface area (Å²) in [5, 5.41) is 14.4. The number of sulfonamides is 1. The van der Waals surface area contributed by atoms with Gasteiger partial charge in [-0.2, -0.15) is 0 Å². The van der Waals surface area contributed by atoms with Crippen LogP contribution in [0.4, 0.5) is 0 Å². The minimum Gasteiger partial charge on any atom is -0.508 e. The lowest BCUT2D eigenvalue weighted by atomic mass is 10.0. The highest BCUT2D eigenvalue weighted by molar-refractivity contribution is 7.89. The van der Waals surface area contributed by atoms with Gasteiger partial charge in [0.25, 0.3) is 0 Å². The minimum atomic E-state index is -3.50. The molecule has 0 heterocycles. The third kappa shape index (κ3) is 3.01. The fraction of sp³-hybridized carbons (Fsp3) is 0.333. The Bertz CT molecular complexity index is 414. The Morgan fingerprint density at radius 2 is 2.00 bits per heavy atom. The van der Waals surface area contributed by atoms with E-state index in [9.17, 15) is 13.5 Å². The third-order valence-electron chi connectivity index (χ3n) is 1.95. The number of para-hydroxylation sites is 1. The molecule has 4 nitrogen and oxygen atoms in total. The highest BCUT2D eigenvalue weighted by Gasteiger charge is 2.15. The van der Waals surface area contributed by atoms with Crippen LogP contribution in [0.5, 0.6) is 5.75 Å². The lowest BCUT2D eigenvalue weighted by Crippen LogP contribution is -2.20. The molecule has 0 spiro atoms. The molecule has 0 fully saturated rings. The predicted molar refractivity (Wildman–Crippen MR) is 54.5 cm³/mol. The topological polar surface area (TPSA) is 80.4 Å². The number of benzene rings is 1. The number of hydrogen-bond acceptors (Lipinski definition) is 3. The maximum absolute atomic E-state index is 10.8. The van der Waals surface area contributed by atoms with Crippen LogP contribution < -0.4 is 5.14 Å². The van der Waals surface area contributed by atoms with Gasteiger partial charge in [0.15, 0.2) is 0 Å². The Hall–Kier alpha value is -1.07. The van der Waals surface area contributed by atoms with E-state index in [4.69, 9.17) is 5.14 Å². The molecule has 14 heavy (non-hydrogen) atoms. The van der Waals surface area contributed by atoms with Crippen molar-refractivity contribution in [3.8, 4) is 5.75 Å². The number of phenolic OH excluding ortho intramolecular Hbond substituents is 1. The molecule has 5 heteroatoms. The molecule has 0 bridgehead atoms. The van der Waals surface area contributed by atoms with Crippen molar-refractivity contribution in [2.45, 2.75) is 12.8 Å². The molecular formula is C9H13NO3S. The number of phenols is 1. The molecule has 1 aromatic rings. The normalized spacial score (nSPS) is 13.9. The lowest BCUT2D eigenvalue weighted by molar-refractivity contribution is 0.465. The number of rotatable bonds is 3. The Morgan fingerprint density at radius 1 is 1.43 bits per heavy atom. The van der Waals surface area contributed by atoms with Gasteiger partial charge in [-0.3, -0.25) is 0 Å². The highest BCUT2D eigenvalue weighted by atomic mass is 32.2. The van der Waals surface area contributed by atoms with Crippen molar-refractivity contribution in [3.63, 3.8) is 0 Å². The van der Waals surface area contributed by atoms with Crippen LogP contribution in [-0.2, 0) is 10.0 Å². The zero-order valence-electron chi connectivity index (χ0n) is 7.84. The maximum Gasteiger partial charge on any atom is 0.209 e. The largest absolute Gasteiger partial charge is 0.508 e. The summed E-state index contributed by atoms with van der Waals surface area (Å²) >= 11 is 0. The number of primary sulfonamides is 1. The molecule has 0 amide bonds. The average Bonchev–Trinajstić information content (AvgIpc) is 2.01. The summed E-state index contributed by atoms with van der Waals surface area (Å²) in [5.41, 5.74) is 0.599. The van der Waals surface area contributed by atoms with E-state index in [1.807, 2.05) is 0 Å². The Morgan fingerprint density at radius 3 is 2.50 bits per heavy atom. The van der Waals surface area contributed by atoms with Crippen molar-refractivity contribution in [1.82, 2.24) is 0 Å². The van der Waals surface area contributed by atoms with Crippen molar-refractivity contribution < 1.29 is 13.5 Å². The highest BCUT2D eigenvalue weighted by Crippen LogP contribution is 2.25. The molecule has 1 atom stereocenters. The van der Waals surface area contributed by atoms with E-state index < -0.39 is 10.0 Å². The number of nitrogens with two attached hydrogens (primary N) is 1. The van der Waals surface area contributed by atoms with E-state index in [1.165, 1.54) is 6.07 Å². The molecule has 0 aliphatic carbocycles. The van der Waals surface area contributed by atoms with Gasteiger partial charge < -0.3 is 5.11 Å². The van der Waals surface area contributed by atoms with Crippen LogP contribution in [0.3, 0.4) is 0 Å². The second kappa shape index (κ2) is 3.98. The Kier molecular flexibility index (Phi) is 3.13. The average molecular weight is 215 g/mol. The van der Waals surface area contributed by atoms with Crippen LogP contribution in [0.25, 0.3) is 0 Å². The monoisotopic (exact) mass is 215 g/mol. The van der Waals surface area contributed by atoms with Crippen molar-refractivity contribution >= 4 is 10.0 Å². The van der Waals surface area contributed by atoms with Crippen LogP contribution in [-0.4, -0.2) is 19.3 Å². The van der Waals surface area contributed by atoms with Gasteiger partial charge in [-0.15, -0.1) is 0 Å². The first-order valence-electron chi connectivity index (χ1n) is 4.18. The molecule has 0 saturated carbocycles. The fourth-order valence-corrected chi connectivity index (χ4v) is 2.22. The first-order valence-corrected chi connectivity index (χ1v) is 5.90.